The number of nitro benzene ring substituents is 1. The summed E-state index contributed by atoms with van der Waals surface area (Å²) in [6, 6.07) is 3.35. The molecule has 0 aliphatic heterocycles. The van der Waals surface area contributed by atoms with Gasteiger partial charge in [0.2, 0.25) is 0 Å². The number of rotatable bonds is 5. The highest BCUT2D eigenvalue weighted by molar-refractivity contribution is 7.09. The Balaban J connectivity index is 2.05. The molecule has 0 unspecified atom stereocenters. The molecule has 1 amide bonds. The first kappa shape index (κ1) is 13.9. The Morgan fingerprint density at radius 2 is 2.30 bits per heavy atom. The summed E-state index contributed by atoms with van der Waals surface area (Å²) in [4.78, 5) is 26.1. The van der Waals surface area contributed by atoms with Crippen molar-refractivity contribution in [2.75, 3.05) is 6.54 Å². The van der Waals surface area contributed by atoms with Crippen LogP contribution in [0.2, 0.25) is 0 Å². The minimum Gasteiger partial charge on any atom is -0.508 e. The summed E-state index contributed by atoms with van der Waals surface area (Å²) < 4.78 is 0. The molecule has 20 heavy (non-hydrogen) atoms. The van der Waals surface area contributed by atoms with Crippen LogP contribution >= 0.6 is 11.3 Å². The number of thiazole rings is 1. The van der Waals surface area contributed by atoms with Crippen LogP contribution in [0.15, 0.2) is 29.8 Å². The van der Waals surface area contributed by atoms with Crippen LogP contribution in [0.1, 0.15) is 15.4 Å². The van der Waals surface area contributed by atoms with Crippen molar-refractivity contribution in [3.63, 3.8) is 0 Å². The first-order chi connectivity index (χ1) is 9.58. The van der Waals surface area contributed by atoms with Gasteiger partial charge in [-0.2, -0.15) is 0 Å². The molecule has 1 aromatic carbocycles. The van der Waals surface area contributed by atoms with E-state index in [-0.39, 0.29) is 17.0 Å². The molecule has 104 valence electrons. The van der Waals surface area contributed by atoms with E-state index in [0.29, 0.717) is 13.0 Å². The molecule has 0 aliphatic rings. The summed E-state index contributed by atoms with van der Waals surface area (Å²) in [5, 5.41) is 25.4. The Morgan fingerprint density at radius 1 is 1.50 bits per heavy atom. The molecule has 0 atom stereocenters. The number of carbonyl (C=O) groups excluding carboxylic acids is 1. The SMILES string of the molecule is O=C(NCCc1nccs1)c1cc(O)ccc1[N+](=O)[O-]. The van der Waals surface area contributed by atoms with E-state index in [1.807, 2.05) is 5.38 Å². The maximum Gasteiger partial charge on any atom is 0.282 e. The van der Waals surface area contributed by atoms with Gasteiger partial charge in [0.05, 0.1) is 9.93 Å². The van der Waals surface area contributed by atoms with Gasteiger partial charge in [-0.05, 0) is 12.1 Å². The fourth-order valence-electron chi connectivity index (χ4n) is 1.62. The van der Waals surface area contributed by atoms with Crippen molar-refractivity contribution in [2.45, 2.75) is 6.42 Å². The van der Waals surface area contributed by atoms with Crippen molar-refractivity contribution in [2.24, 2.45) is 0 Å². The summed E-state index contributed by atoms with van der Waals surface area (Å²) in [5.74, 6) is -0.787. The molecule has 1 aromatic heterocycles. The van der Waals surface area contributed by atoms with Crippen molar-refractivity contribution in [1.29, 1.82) is 0 Å². The molecule has 2 N–H and O–H groups in total. The number of amides is 1. The Kier molecular flexibility index (Phi) is 4.26. The zero-order valence-corrected chi connectivity index (χ0v) is 11.1. The van der Waals surface area contributed by atoms with Crippen LogP contribution in [0.4, 0.5) is 5.69 Å². The van der Waals surface area contributed by atoms with Crippen LogP contribution < -0.4 is 5.32 Å². The standard InChI is InChI=1S/C12H11N3O4S/c16-8-1-2-10(15(18)19)9(7-8)12(17)14-4-3-11-13-5-6-20-11/h1-2,5-7,16H,3-4H2,(H,14,17). The number of aromatic nitrogens is 1. The fraction of sp³-hybridized carbons (Fsp3) is 0.167. The molecule has 0 fully saturated rings. The second-order valence-electron chi connectivity index (χ2n) is 3.89. The maximum absolute atomic E-state index is 11.9. The molecule has 0 aliphatic carbocycles. The minimum absolute atomic E-state index is 0.158. The highest BCUT2D eigenvalue weighted by atomic mass is 32.1. The topological polar surface area (TPSA) is 105 Å². The van der Waals surface area contributed by atoms with Gasteiger partial charge in [0.25, 0.3) is 11.6 Å². The van der Waals surface area contributed by atoms with Crippen LogP contribution in [0.5, 0.6) is 5.75 Å². The number of nitrogens with zero attached hydrogens (tertiary/aromatic N) is 2. The molecule has 0 spiro atoms. The molecular weight excluding hydrogens is 282 g/mol. The lowest BCUT2D eigenvalue weighted by molar-refractivity contribution is -0.385. The van der Waals surface area contributed by atoms with Gasteiger partial charge in [-0.1, -0.05) is 0 Å². The lowest BCUT2D eigenvalue weighted by Gasteiger charge is -2.05. The number of nitrogens with one attached hydrogen (secondary N) is 1. The van der Waals surface area contributed by atoms with Crippen LogP contribution in [0.25, 0.3) is 0 Å². The first-order valence-corrected chi connectivity index (χ1v) is 6.60. The van der Waals surface area contributed by atoms with Crippen molar-refractivity contribution < 1.29 is 14.8 Å². The van der Waals surface area contributed by atoms with Gasteiger partial charge in [-0.25, -0.2) is 4.98 Å². The number of phenols is 1. The van der Waals surface area contributed by atoms with E-state index in [1.54, 1.807) is 6.20 Å². The second-order valence-corrected chi connectivity index (χ2v) is 4.87. The predicted octanol–water partition coefficient (Wildman–Crippen LogP) is 1.73. The van der Waals surface area contributed by atoms with Crippen molar-refractivity contribution >= 4 is 22.9 Å². The lowest BCUT2D eigenvalue weighted by Crippen LogP contribution is -2.26. The smallest absolute Gasteiger partial charge is 0.282 e. The second kappa shape index (κ2) is 6.11. The molecule has 0 radical (unpaired) electrons. The van der Waals surface area contributed by atoms with E-state index in [4.69, 9.17) is 0 Å². The number of nitro groups is 1. The van der Waals surface area contributed by atoms with E-state index in [9.17, 15) is 20.0 Å². The fourth-order valence-corrected chi connectivity index (χ4v) is 2.24. The van der Waals surface area contributed by atoms with E-state index in [2.05, 4.69) is 10.3 Å². The van der Waals surface area contributed by atoms with Crippen molar-refractivity contribution in [3.05, 3.63) is 50.5 Å². The number of benzene rings is 1. The summed E-state index contributed by atoms with van der Waals surface area (Å²) in [7, 11) is 0. The van der Waals surface area contributed by atoms with Gasteiger partial charge in [0, 0.05) is 30.6 Å². The summed E-state index contributed by atoms with van der Waals surface area (Å²) in [6.45, 7) is 0.319. The monoisotopic (exact) mass is 293 g/mol. The molecular formula is C12H11N3O4S. The highest BCUT2D eigenvalue weighted by Gasteiger charge is 2.20. The average molecular weight is 293 g/mol. The molecule has 0 saturated heterocycles. The predicted molar refractivity (Wildman–Crippen MR) is 72.9 cm³/mol. The first-order valence-electron chi connectivity index (χ1n) is 5.72. The van der Waals surface area contributed by atoms with E-state index in [1.165, 1.54) is 17.4 Å². The molecule has 8 heteroatoms. The van der Waals surface area contributed by atoms with Crippen LogP contribution in [-0.2, 0) is 6.42 Å². The number of aromatic hydroxyl groups is 1. The Morgan fingerprint density at radius 3 is 2.95 bits per heavy atom. The third-order valence-electron chi connectivity index (χ3n) is 2.53. The summed E-state index contributed by atoms with van der Waals surface area (Å²) >= 11 is 1.47. The average Bonchev–Trinajstić information content (AvgIpc) is 2.91. The number of hydrogen-bond acceptors (Lipinski definition) is 6. The molecule has 2 rings (SSSR count). The lowest BCUT2D eigenvalue weighted by atomic mass is 10.1. The van der Waals surface area contributed by atoms with Crippen LogP contribution in [0, 0.1) is 10.1 Å². The van der Waals surface area contributed by atoms with Gasteiger partial charge >= 0.3 is 0 Å². The number of phenolic OH excluding ortho intramolecular Hbond substituents is 1. The van der Waals surface area contributed by atoms with Gasteiger partial charge in [-0.15, -0.1) is 11.3 Å². The van der Waals surface area contributed by atoms with Crippen LogP contribution in [-0.4, -0.2) is 27.5 Å². The molecule has 0 saturated carbocycles. The van der Waals surface area contributed by atoms with Gasteiger partial charge in [0.15, 0.2) is 0 Å². The molecule has 1 heterocycles. The van der Waals surface area contributed by atoms with E-state index < -0.39 is 10.8 Å². The number of carbonyl (C=O) groups is 1. The van der Waals surface area contributed by atoms with Gasteiger partial charge < -0.3 is 10.4 Å². The van der Waals surface area contributed by atoms with Crippen LogP contribution in [0.3, 0.4) is 0 Å². The summed E-state index contributed by atoms with van der Waals surface area (Å²) in [5.41, 5.74) is -0.497. The zero-order chi connectivity index (χ0) is 14.5. The quantitative estimate of drug-likeness (QED) is 0.645. The largest absolute Gasteiger partial charge is 0.508 e. The Bertz CT molecular complexity index is 628. The number of hydrogen-bond donors (Lipinski definition) is 2. The van der Waals surface area contributed by atoms with Gasteiger partial charge in [0.1, 0.15) is 11.3 Å². The van der Waals surface area contributed by atoms with Gasteiger partial charge in [-0.3, -0.25) is 14.9 Å². The van der Waals surface area contributed by atoms with Crippen molar-refractivity contribution in [1.82, 2.24) is 10.3 Å². The van der Waals surface area contributed by atoms with E-state index in [0.717, 1.165) is 17.1 Å². The maximum atomic E-state index is 11.9. The zero-order valence-electron chi connectivity index (χ0n) is 10.3. The normalized spacial score (nSPS) is 10.2. The third kappa shape index (κ3) is 3.29. The minimum atomic E-state index is -0.658. The molecule has 0 bridgehead atoms. The Labute approximate surface area is 118 Å². The molecule has 2 aromatic rings. The highest BCUT2D eigenvalue weighted by Crippen LogP contribution is 2.23. The Hall–Kier alpha value is -2.48. The summed E-state index contributed by atoms with van der Waals surface area (Å²) in [6.07, 6.45) is 2.22. The third-order valence-corrected chi connectivity index (χ3v) is 3.37. The molecule has 7 nitrogen and oxygen atoms in total. The van der Waals surface area contributed by atoms with E-state index >= 15 is 0 Å². The van der Waals surface area contributed by atoms with Crippen molar-refractivity contribution in [3.8, 4) is 5.75 Å².